The van der Waals surface area contributed by atoms with E-state index in [-0.39, 0.29) is 5.91 Å². The van der Waals surface area contributed by atoms with Crippen LogP contribution in [0.5, 0.6) is 0 Å². The number of rotatable bonds is 4. The van der Waals surface area contributed by atoms with Crippen LogP contribution in [0.2, 0.25) is 0 Å². The average Bonchev–Trinajstić information content (AvgIpc) is 3.45. The molecule has 166 valence electrons. The zero-order chi connectivity index (χ0) is 22.4. The maximum Gasteiger partial charge on any atom is 0.254 e. The molecule has 8 nitrogen and oxygen atoms in total. The Kier molecular flexibility index (Phi) is 4.73. The summed E-state index contributed by atoms with van der Waals surface area (Å²) in [6.07, 6.45) is 5.61. The van der Waals surface area contributed by atoms with E-state index in [1.165, 1.54) is 0 Å². The van der Waals surface area contributed by atoms with Crippen LogP contribution < -0.4 is 15.5 Å². The number of benzene rings is 1. The molecular formula is C25H25N7O. The molecule has 0 aliphatic carbocycles. The molecule has 0 atom stereocenters. The molecule has 5 heterocycles. The first-order chi connectivity index (χ1) is 16.2. The molecule has 33 heavy (non-hydrogen) atoms. The molecule has 6 rings (SSSR count). The van der Waals surface area contributed by atoms with Crippen molar-refractivity contribution in [1.82, 2.24) is 24.8 Å². The number of pyridine rings is 1. The maximum absolute atomic E-state index is 12.7. The number of piperazine rings is 1. The number of hydrogen-bond donors (Lipinski definition) is 2. The van der Waals surface area contributed by atoms with Gasteiger partial charge < -0.3 is 20.4 Å². The molecule has 2 aliphatic rings. The monoisotopic (exact) mass is 439 g/mol. The number of nitrogens with one attached hydrogen (secondary N) is 2. The van der Waals surface area contributed by atoms with Gasteiger partial charge in [-0.2, -0.15) is 5.10 Å². The summed E-state index contributed by atoms with van der Waals surface area (Å²) in [5.74, 6) is 0.658. The van der Waals surface area contributed by atoms with Crippen molar-refractivity contribution in [3.63, 3.8) is 0 Å². The van der Waals surface area contributed by atoms with Gasteiger partial charge in [-0.15, -0.1) is 0 Å². The first-order valence-corrected chi connectivity index (χ1v) is 11.2. The minimum atomic E-state index is -0.0648. The van der Waals surface area contributed by atoms with Gasteiger partial charge in [0.25, 0.3) is 5.91 Å². The molecule has 0 radical (unpaired) electrons. The molecule has 2 aliphatic heterocycles. The summed E-state index contributed by atoms with van der Waals surface area (Å²) >= 11 is 0. The van der Waals surface area contributed by atoms with E-state index in [4.69, 9.17) is 0 Å². The van der Waals surface area contributed by atoms with Crippen LogP contribution in [0.1, 0.15) is 15.9 Å². The second kappa shape index (κ2) is 7.90. The largest absolute Gasteiger partial charge is 0.368 e. The second-order valence-electron chi connectivity index (χ2n) is 8.60. The first kappa shape index (κ1) is 19.8. The lowest BCUT2D eigenvalue weighted by Gasteiger charge is -2.33. The predicted octanol–water partition coefficient (Wildman–Crippen LogP) is 3.14. The molecule has 0 bridgehead atoms. The lowest BCUT2D eigenvalue weighted by atomic mass is 9.96. The lowest BCUT2D eigenvalue weighted by molar-refractivity contribution is 0.0966. The van der Waals surface area contributed by atoms with Crippen molar-refractivity contribution in [1.29, 1.82) is 0 Å². The van der Waals surface area contributed by atoms with Crippen molar-refractivity contribution >= 4 is 28.6 Å². The molecule has 0 spiro atoms. The third-order valence-corrected chi connectivity index (χ3v) is 6.57. The Hall–Kier alpha value is -3.91. The van der Waals surface area contributed by atoms with E-state index in [0.29, 0.717) is 12.1 Å². The lowest BCUT2D eigenvalue weighted by Crippen LogP contribution is -2.44. The Bertz CT molecular complexity index is 1340. The van der Waals surface area contributed by atoms with Gasteiger partial charge in [0.05, 0.1) is 28.7 Å². The fourth-order valence-electron chi connectivity index (χ4n) is 4.73. The van der Waals surface area contributed by atoms with Crippen molar-refractivity contribution in [2.75, 3.05) is 43.4 Å². The summed E-state index contributed by atoms with van der Waals surface area (Å²) < 4.78 is 1.85. The number of carbonyl (C=O) groups excluding carboxylic acids is 1. The van der Waals surface area contributed by atoms with Gasteiger partial charge in [-0.3, -0.25) is 4.79 Å². The minimum absolute atomic E-state index is 0.0648. The van der Waals surface area contributed by atoms with Crippen LogP contribution in [0.15, 0.2) is 61.1 Å². The number of fused-ring (bicyclic) bond motifs is 2. The van der Waals surface area contributed by atoms with E-state index in [9.17, 15) is 4.79 Å². The Morgan fingerprint density at radius 2 is 1.88 bits per heavy atom. The number of carbonyl (C=O) groups is 1. The summed E-state index contributed by atoms with van der Waals surface area (Å²) in [6.45, 7) is 4.63. The summed E-state index contributed by atoms with van der Waals surface area (Å²) in [5.41, 5.74) is 6.70. The fraction of sp³-hybridized carbons (Fsp3) is 0.240. The Balaban J connectivity index is 1.31. The van der Waals surface area contributed by atoms with Gasteiger partial charge in [0.15, 0.2) is 0 Å². The zero-order valence-electron chi connectivity index (χ0n) is 18.5. The molecule has 1 aromatic carbocycles. The van der Waals surface area contributed by atoms with Crippen LogP contribution in [0.4, 0.5) is 17.2 Å². The van der Waals surface area contributed by atoms with Gasteiger partial charge in [-0.25, -0.2) is 9.50 Å². The average molecular weight is 440 g/mol. The van der Waals surface area contributed by atoms with Crippen LogP contribution >= 0.6 is 0 Å². The van der Waals surface area contributed by atoms with E-state index in [1.807, 2.05) is 47.2 Å². The smallest absolute Gasteiger partial charge is 0.254 e. The third kappa shape index (κ3) is 3.48. The highest BCUT2D eigenvalue weighted by molar-refractivity contribution is 6.06. The van der Waals surface area contributed by atoms with Gasteiger partial charge in [-0.1, -0.05) is 6.07 Å². The predicted molar refractivity (Wildman–Crippen MR) is 129 cm³/mol. The summed E-state index contributed by atoms with van der Waals surface area (Å²) in [7, 11) is 2.15. The Labute approximate surface area is 191 Å². The second-order valence-corrected chi connectivity index (χ2v) is 8.60. The van der Waals surface area contributed by atoms with E-state index in [0.717, 1.165) is 65.6 Å². The van der Waals surface area contributed by atoms with Crippen molar-refractivity contribution in [2.45, 2.75) is 6.54 Å². The molecule has 0 unspecified atom stereocenters. The molecule has 4 aromatic rings. The molecule has 1 amide bonds. The molecule has 1 saturated heterocycles. The Morgan fingerprint density at radius 1 is 1.00 bits per heavy atom. The van der Waals surface area contributed by atoms with E-state index >= 15 is 0 Å². The summed E-state index contributed by atoms with van der Waals surface area (Å²) in [5, 5.41) is 10.7. The standard InChI is InChI=1S/C25H25N7O/c1-30-11-13-31(14-12-30)17-4-7-23(26-15-17)29-21-6-5-18(20-16-27-25(33)24(20)21)19-8-10-32-22(19)3-2-9-28-32/h2-10,15H,11-14,16H2,1H3,(H,26,29)(H,27,33). The molecule has 8 heteroatoms. The maximum atomic E-state index is 12.7. The van der Waals surface area contributed by atoms with Gasteiger partial charge in [0.2, 0.25) is 0 Å². The van der Waals surface area contributed by atoms with Gasteiger partial charge in [-0.05, 0) is 54.6 Å². The molecular weight excluding hydrogens is 414 g/mol. The van der Waals surface area contributed by atoms with E-state index < -0.39 is 0 Å². The van der Waals surface area contributed by atoms with Gasteiger partial charge in [0.1, 0.15) is 5.82 Å². The number of nitrogens with zero attached hydrogens (tertiary/aromatic N) is 5. The minimum Gasteiger partial charge on any atom is -0.368 e. The number of hydrogen-bond acceptors (Lipinski definition) is 6. The Morgan fingerprint density at radius 3 is 2.70 bits per heavy atom. The first-order valence-electron chi connectivity index (χ1n) is 11.2. The molecule has 1 fully saturated rings. The van der Waals surface area contributed by atoms with E-state index in [1.54, 1.807) is 6.20 Å². The van der Waals surface area contributed by atoms with Crippen molar-refractivity contribution in [3.05, 3.63) is 72.2 Å². The van der Waals surface area contributed by atoms with E-state index in [2.05, 4.69) is 49.7 Å². The van der Waals surface area contributed by atoms with Gasteiger partial charge in [0, 0.05) is 50.7 Å². The van der Waals surface area contributed by atoms with Crippen molar-refractivity contribution in [2.24, 2.45) is 0 Å². The highest BCUT2D eigenvalue weighted by atomic mass is 16.1. The fourth-order valence-corrected chi connectivity index (χ4v) is 4.73. The van der Waals surface area contributed by atoms with Crippen LogP contribution in [0, 0.1) is 0 Å². The van der Waals surface area contributed by atoms with Crippen molar-refractivity contribution < 1.29 is 4.79 Å². The zero-order valence-corrected chi connectivity index (χ0v) is 18.5. The topological polar surface area (TPSA) is 77.8 Å². The van der Waals surface area contributed by atoms with Crippen LogP contribution in [-0.4, -0.2) is 58.6 Å². The van der Waals surface area contributed by atoms with Crippen LogP contribution in [0.25, 0.3) is 16.6 Å². The third-order valence-electron chi connectivity index (χ3n) is 6.57. The SMILES string of the molecule is CN1CCN(c2ccc(Nc3ccc(-c4ccn5ncccc45)c4c3C(=O)NC4)nc2)CC1. The molecule has 3 aromatic heterocycles. The number of amides is 1. The number of likely N-dealkylation sites (N-methyl/N-ethyl adjacent to an activating group) is 1. The van der Waals surface area contributed by atoms with Crippen LogP contribution in [0.3, 0.4) is 0 Å². The highest BCUT2D eigenvalue weighted by Gasteiger charge is 2.27. The summed E-state index contributed by atoms with van der Waals surface area (Å²) in [6, 6.07) is 14.1. The summed E-state index contributed by atoms with van der Waals surface area (Å²) in [4.78, 5) is 22.1. The number of anilines is 3. The quantitative estimate of drug-likeness (QED) is 0.509. The molecule has 0 saturated carbocycles. The number of aromatic nitrogens is 3. The normalized spacial score (nSPS) is 16.2. The highest BCUT2D eigenvalue weighted by Crippen LogP contribution is 2.37. The van der Waals surface area contributed by atoms with Crippen LogP contribution in [-0.2, 0) is 6.54 Å². The molecule has 2 N–H and O–H groups in total. The van der Waals surface area contributed by atoms with Gasteiger partial charge >= 0.3 is 0 Å². The van der Waals surface area contributed by atoms with Crippen molar-refractivity contribution in [3.8, 4) is 11.1 Å².